The van der Waals surface area contributed by atoms with E-state index in [2.05, 4.69) is 22.9 Å². The van der Waals surface area contributed by atoms with Crippen molar-refractivity contribution >= 4 is 15.9 Å². The van der Waals surface area contributed by atoms with Gasteiger partial charge in [-0.25, -0.2) is 0 Å². The van der Waals surface area contributed by atoms with E-state index < -0.39 is 0 Å². The molecule has 0 aromatic heterocycles. The lowest BCUT2D eigenvalue weighted by molar-refractivity contribution is 0.277. The normalized spacial score (nSPS) is 13.2. The van der Waals surface area contributed by atoms with E-state index in [0.29, 0.717) is 6.61 Å². The Morgan fingerprint density at radius 2 is 1.67 bits per heavy atom. The third-order valence-electron chi connectivity index (χ3n) is 2.19. The fourth-order valence-corrected chi connectivity index (χ4v) is 1.73. The lowest BCUT2D eigenvalue weighted by Gasteiger charge is -2.09. The Morgan fingerprint density at radius 3 is 2.17 bits per heavy atom. The predicted molar refractivity (Wildman–Crippen MR) is 57.7 cm³/mol. The minimum absolute atomic E-state index is 0.355. The molecule has 12 heavy (non-hydrogen) atoms. The first-order valence-corrected chi connectivity index (χ1v) is 6.10. The van der Waals surface area contributed by atoms with E-state index in [9.17, 15) is 0 Å². The quantitative estimate of drug-likeness (QED) is 0.507. The van der Waals surface area contributed by atoms with Gasteiger partial charge in [0.2, 0.25) is 0 Å². The summed E-state index contributed by atoms with van der Waals surface area (Å²) in [6.45, 7) is 2.67. The molecule has 1 unspecified atom stereocenters. The summed E-state index contributed by atoms with van der Waals surface area (Å²) in [7, 11) is 0. The molecule has 0 heterocycles. The van der Waals surface area contributed by atoms with Gasteiger partial charge in [0.05, 0.1) is 0 Å². The van der Waals surface area contributed by atoms with Crippen LogP contribution in [-0.4, -0.2) is 17.0 Å². The van der Waals surface area contributed by atoms with Crippen molar-refractivity contribution in [2.75, 3.05) is 11.9 Å². The molecule has 0 aromatic rings. The maximum Gasteiger partial charge on any atom is 0.0431 e. The number of unbranched alkanes of at least 4 members (excludes halogenated alkanes) is 2. The summed E-state index contributed by atoms with van der Waals surface area (Å²) < 4.78 is 0. The van der Waals surface area contributed by atoms with Gasteiger partial charge in [0.1, 0.15) is 0 Å². The minimum Gasteiger partial charge on any atom is -0.396 e. The molecule has 0 amide bonds. The molecule has 1 nitrogen and oxygen atoms in total. The fraction of sp³-hybridized carbons (Fsp3) is 1.00. The topological polar surface area (TPSA) is 20.2 Å². The van der Waals surface area contributed by atoms with Crippen molar-refractivity contribution in [2.45, 2.75) is 45.4 Å². The van der Waals surface area contributed by atoms with Crippen LogP contribution in [0.3, 0.4) is 0 Å². The summed E-state index contributed by atoms with van der Waals surface area (Å²) in [6, 6.07) is 0. The summed E-state index contributed by atoms with van der Waals surface area (Å²) in [5.41, 5.74) is 0. The molecule has 0 aromatic carbocycles. The number of aliphatic hydroxyl groups is 1. The molecule has 0 aliphatic heterocycles. The van der Waals surface area contributed by atoms with Crippen LogP contribution in [-0.2, 0) is 0 Å². The van der Waals surface area contributed by atoms with Crippen molar-refractivity contribution in [3.05, 3.63) is 0 Å². The van der Waals surface area contributed by atoms with Crippen molar-refractivity contribution < 1.29 is 5.11 Å². The van der Waals surface area contributed by atoms with Crippen LogP contribution in [0.4, 0.5) is 0 Å². The largest absolute Gasteiger partial charge is 0.396 e. The van der Waals surface area contributed by atoms with Crippen LogP contribution < -0.4 is 0 Å². The second-order valence-electron chi connectivity index (χ2n) is 3.51. The second-order valence-corrected chi connectivity index (χ2v) is 4.30. The molecule has 1 N–H and O–H groups in total. The van der Waals surface area contributed by atoms with Crippen LogP contribution >= 0.6 is 15.9 Å². The molecular formula is C10H21BrO. The Morgan fingerprint density at radius 1 is 1.08 bits per heavy atom. The number of hydrogen-bond acceptors (Lipinski definition) is 1. The van der Waals surface area contributed by atoms with E-state index in [1.807, 2.05) is 0 Å². The van der Waals surface area contributed by atoms with E-state index >= 15 is 0 Å². The van der Waals surface area contributed by atoms with Crippen LogP contribution in [0, 0.1) is 5.92 Å². The van der Waals surface area contributed by atoms with Crippen LogP contribution in [0.15, 0.2) is 0 Å². The van der Waals surface area contributed by atoms with Gasteiger partial charge in [-0.3, -0.25) is 0 Å². The van der Waals surface area contributed by atoms with Crippen molar-refractivity contribution in [3.63, 3.8) is 0 Å². The maximum absolute atomic E-state index is 8.59. The van der Waals surface area contributed by atoms with Gasteiger partial charge in [0, 0.05) is 11.9 Å². The molecule has 0 saturated carbocycles. The summed E-state index contributed by atoms with van der Waals surface area (Å²) in [6.07, 6.45) is 7.42. The number of halogens is 1. The summed E-state index contributed by atoms with van der Waals surface area (Å²) in [5.74, 6) is 0.843. The zero-order valence-electron chi connectivity index (χ0n) is 8.06. The first-order chi connectivity index (χ1) is 5.81. The predicted octanol–water partition coefficient (Wildman–Crippen LogP) is 3.35. The molecule has 0 saturated heterocycles. The minimum atomic E-state index is 0.355. The Labute approximate surface area is 84.7 Å². The van der Waals surface area contributed by atoms with Crippen molar-refractivity contribution in [3.8, 4) is 0 Å². The molecule has 1 atom stereocenters. The monoisotopic (exact) mass is 236 g/mol. The molecule has 2 heteroatoms. The standard InChI is InChI=1S/C10H21BrO/c1-10(6-2-4-8-11)7-3-5-9-12/h10,12H,2-9H2,1H3. The number of alkyl halides is 1. The summed E-state index contributed by atoms with van der Waals surface area (Å²) in [5, 5.41) is 9.72. The van der Waals surface area contributed by atoms with E-state index in [1.165, 1.54) is 32.1 Å². The fourth-order valence-electron chi connectivity index (χ4n) is 1.34. The average Bonchev–Trinajstić information content (AvgIpc) is 2.06. The van der Waals surface area contributed by atoms with Crippen molar-refractivity contribution in [1.29, 1.82) is 0 Å². The number of aliphatic hydroxyl groups excluding tert-OH is 1. The maximum atomic E-state index is 8.59. The van der Waals surface area contributed by atoms with Gasteiger partial charge < -0.3 is 5.11 Å². The van der Waals surface area contributed by atoms with Gasteiger partial charge in [-0.15, -0.1) is 0 Å². The highest BCUT2D eigenvalue weighted by atomic mass is 79.9. The van der Waals surface area contributed by atoms with Gasteiger partial charge in [0.25, 0.3) is 0 Å². The zero-order chi connectivity index (χ0) is 9.23. The highest BCUT2D eigenvalue weighted by Gasteiger charge is 2.00. The van der Waals surface area contributed by atoms with Crippen LogP contribution in [0.5, 0.6) is 0 Å². The van der Waals surface area contributed by atoms with Crippen molar-refractivity contribution in [1.82, 2.24) is 0 Å². The Hall–Kier alpha value is 0.440. The third-order valence-corrected chi connectivity index (χ3v) is 2.75. The molecule has 0 fully saturated rings. The summed E-state index contributed by atoms with van der Waals surface area (Å²) in [4.78, 5) is 0. The molecule has 0 spiro atoms. The van der Waals surface area contributed by atoms with Gasteiger partial charge in [-0.05, 0) is 18.8 Å². The Bertz CT molecular complexity index is 75.9. The van der Waals surface area contributed by atoms with Gasteiger partial charge in [0.15, 0.2) is 0 Å². The highest BCUT2D eigenvalue weighted by Crippen LogP contribution is 2.15. The number of rotatable bonds is 8. The first-order valence-electron chi connectivity index (χ1n) is 4.98. The Balaban J connectivity index is 3.04. The highest BCUT2D eigenvalue weighted by molar-refractivity contribution is 9.09. The number of hydrogen-bond donors (Lipinski definition) is 1. The SMILES string of the molecule is CC(CCCCO)CCCCBr. The molecular weight excluding hydrogens is 216 g/mol. The molecule has 0 bridgehead atoms. The van der Waals surface area contributed by atoms with Crippen LogP contribution in [0.1, 0.15) is 45.4 Å². The lowest BCUT2D eigenvalue weighted by atomic mass is 9.98. The second kappa shape index (κ2) is 9.53. The lowest BCUT2D eigenvalue weighted by Crippen LogP contribution is -1.96. The smallest absolute Gasteiger partial charge is 0.0431 e. The van der Waals surface area contributed by atoms with Crippen LogP contribution in [0.2, 0.25) is 0 Å². The molecule has 0 rings (SSSR count). The van der Waals surface area contributed by atoms with Gasteiger partial charge in [-0.1, -0.05) is 48.5 Å². The van der Waals surface area contributed by atoms with E-state index in [0.717, 1.165) is 17.7 Å². The van der Waals surface area contributed by atoms with Crippen LogP contribution in [0.25, 0.3) is 0 Å². The molecule has 0 radical (unpaired) electrons. The Kier molecular flexibility index (Phi) is 9.88. The van der Waals surface area contributed by atoms with E-state index in [4.69, 9.17) is 5.11 Å². The zero-order valence-corrected chi connectivity index (χ0v) is 9.65. The molecule has 0 aliphatic carbocycles. The third kappa shape index (κ3) is 8.54. The molecule has 0 aliphatic rings. The average molecular weight is 237 g/mol. The van der Waals surface area contributed by atoms with Gasteiger partial charge >= 0.3 is 0 Å². The van der Waals surface area contributed by atoms with Gasteiger partial charge in [-0.2, -0.15) is 0 Å². The summed E-state index contributed by atoms with van der Waals surface area (Å²) >= 11 is 3.43. The molecule has 74 valence electrons. The van der Waals surface area contributed by atoms with Crippen molar-refractivity contribution in [2.24, 2.45) is 5.92 Å². The van der Waals surface area contributed by atoms with E-state index in [-0.39, 0.29) is 0 Å². The van der Waals surface area contributed by atoms with E-state index in [1.54, 1.807) is 0 Å². The first kappa shape index (κ1) is 12.4.